The van der Waals surface area contributed by atoms with Crippen LogP contribution >= 0.6 is 11.6 Å². The third kappa shape index (κ3) is 6.77. The number of rotatable bonds is 9. The Bertz CT molecular complexity index is 865. The zero-order valence-electron chi connectivity index (χ0n) is 18.4. The van der Waals surface area contributed by atoms with E-state index in [2.05, 4.69) is 5.32 Å². The van der Waals surface area contributed by atoms with E-state index < -0.39 is 6.04 Å². The zero-order chi connectivity index (χ0) is 22.3. The van der Waals surface area contributed by atoms with Crippen molar-refractivity contribution in [2.75, 3.05) is 6.61 Å². The van der Waals surface area contributed by atoms with E-state index in [4.69, 9.17) is 16.3 Å². The molecule has 6 heteroatoms. The highest BCUT2D eigenvalue weighted by molar-refractivity contribution is 6.30. The van der Waals surface area contributed by atoms with E-state index in [0.29, 0.717) is 23.7 Å². The fourth-order valence-electron chi connectivity index (χ4n) is 3.12. The monoisotopic (exact) mass is 430 g/mol. The lowest BCUT2D eigenvalue weighted by Gasteiger charge is -2.31. The van der Waals surface area contributed by atoms with Crippen LogP contribution in [0.2, 0.25) is 5.02 Å². The van der Waals surface area contributed by atoms with Gasteiger partial charge in [-0.3, -0.25) is 9.59 Å². The molecule has 0 unspecified atom stereocenters. The van der Waals surface area contributed by atoms with Crippen molar-refractivity contribution in [3.63, 3.8) is 0 Å². The first-order valence-corrected chi connectivity index (χ1v) is 10.6. The van der Waals surface area contributed by atoms with Crippen LogP contribution in [-0.2, 0) is 16.1 Å². The summed E-state index contributed by atoms with van der Waals surface area (Å²) in [4.78, 5) is 27.5. The smallest absolute Gasteiger partial charge is 0.261 e. The molecule has 0 saturated heterocycles. The number of nitrogens with zero attached hydrogens (tertiary/aromatic N) is 1. The molecule has 0 aliphatic rings. The molecule has 5 nitrogen and oxygen atoms in total. The predicted molar refractivity (Wildman–Crippen MR) is 121 cm³/mol. The molecule has 2 aromatic carbocycles. The Labute approximate surface area is 184 Å². The zero-order valence-corrected chi connectivity index (χ0v) is 19.1. The van der Waals surface area contributed by atoms with Crippen LogP contribution < -0.4 is 10.1 Å². The molecular formula is C24H31ClN2O3. The Kier molecular flexibility index (Phi) is 8.72. The number of ether oxygens (including phenoxy) is 1. The molecule has 0 fully saturated rings. The van der Waals surface area contributed by atoms with E-state index in [0.717, 1.165) is 16.7 Å². The lowest BCUT2D eigenvalue weighted by molar-refractivity contribution is -0.143. The molecule has 2 amide bonds. The van der Waals surface area contributed by atoms with Gasteiger partial charge in [0.1, 0.15) is 11.8 Å². The molecular weight excluding hydrogens is 400 g/mol. The van der Waals surface area contributed by atoms with Crippen molar-refractivity contribution < 1.29 is 14.3 Å². The SMILES string of the molecule is CC[C@H](C(=O)NC(C)C)N(Cc1ccc(Cl)cc1)C(=O)COc1ccc(C)c(C)c1. The van der Waals surface area contributed by atoms with Crippen LogP contribution in [0.1, 0.15) is 43.9 Å². The number of carbonyl (C=O) groups is 2. The van der Waals surface area contributed by atoms with Gasteiger partial charge in [-0.25, -0.2) is 0 Å². The summed E-state index contributed by atoms with van der Waals surface area (Å²) in [5, 5.41) is 3.54. The number of benzene rings is 2. The average molecular weight is 431 g/mol. The minimum atomic E-state index is -0.584. The molecule has 0 aliphatic carbocycles. The van der Waals surface area contributed by atoms with Crippen LogP contribution in [0.25, 0.3) is 0 Å². The van der Waals surface area contributed by atoms with Gasteiger partial charge in [0.15, 0.2) is 6.61 Å². The number of hydrogen-bond acceptors (Lipinski definition) is 3. The minimum Gasteiger partial charge on any atom is -0.484 e. The molecule has 1 atom stereocenters. The highest BCUT2D eigenvalue weighted by Crippen LogP contribution is 2.18. The molecule has 30 heavy (non-hydrogen) atoms. The Balaban J connectivity index is 2.21. The van der Waals surface area contributed by atoms with E-state index in [9.17, 15) is 9.59 Å². The first-order chi connectivity index (χ1) is 14.2. The Hall–Kier alpha value is -2.53. The van der Waals surface area contributed by atoms with E-state index in [-0.39, 0.29) is 24.5 Å². The molecule has 2 aromatic rings. The Morgan fingerprint density at radius 2 is 1.73 bits per heavy atom. The van der Waals surface area contributed by atoms with Crippen LogP contribution in [0, 0.1) is 13.8 Å². The third-order valence-corrected chi connectivity index (χ3v) is 5.18. The largest absolute Gasteiger partial charge is 0.484 e. The standard InChI is InChI=1S/C24H31ClN2O3/c1-6-22(24(29)26-16(2)3)27(14-19-8-10-20(25)11-9-19)23(28)15-30-21-12-7-17(4)18(5)13-21/h7-13,16,22H,6,14-15H2,1-5H3,(H,26,29)/t22-/m1/s1. The van der Waals surface area contributed by atoms with Gasteiger partial charge >= 0.3 is 0 Å². The van der Waals surface area contributed by atoms with Crippen LogP contribution in [0.5, 0.6) is 5.75 Å². The van der Waals surface area contributed by atoms with Crippen LogP contribution in [-0.4, -0.2) is 35.4 Å². The number of aryl methyl sites for hydroxylation is 2. The van der Waals surface area contributed by atoms with E-state index >= 15 is 0 Å². The quantitative estimate of drug-likeness (QED) is 0.629. The summed E-state index contributed by atoms with van der Waals surface area (Å²) in [5.41, 5.74) is 3.16. The van der Waals surface area contributed by atoms with Gasteiger partial charge in [0, 0.05) is 17.6 Å². The summed E-state index contributed by atoms with van der Waals surface area (Å²) < 4.78 is 5.75. The lowest BCUT2D eigenvalue weighted by atomic mass is 10.1. The van der Waals surface area contributed by atoms with Crippen molar-refractivity contribution in [2.24, 2.45) is 0 Å². The second-order valence-corrected chi connectivity index (χ2v) is 8.21. The van der Waals surface area contributed by atoms with Crippen molar-refractivity contribution in [1.82, 2.24) is 10.2 Å². The van der Waals surface area contributed by atoms with Crippen molar-refractivity contribution >= 4 is 23.4 Å². The van der Waals surface area contributed by atoms with Crippen LogP contribution in [0.15, 0.2) is 42.5 Å². The summed E-state index contributed by atoms with van der Waals surface area (Å²) in [6, 6.07) is 12.4. The normalized spacial score (nSPS) is 11.8. The number of halogens is 1. The van der Waals surface area contributed by atoms with E-state index in [1.54, 1.807) is 17.0 Å². The molecule has 162 valence electrons. The molecule has 1 N–H and O–H groups in total. The van der Waals surface area contributed by atoms with Crippen molar-refractivity contribution in [2.45, 2.75) is 59.7 Å². The van der Waals surface area contributed by atoms with Gasteiger partial charge in [-0.05, 0) is 75.1 Å². The summed E-state index contributed by atoms with van der Waals surface area (Å²) in [7, 11) is 0. The van der Waals surface area contributed by atoms with Crippen molar-refractivity contribution in [3.05, 3.63) is 64.2 Å². The van der Waals surface area contributed by atoms with Gasteiger partial charge in [-0.2, -0.15) is 0 Å². The molecule has 0 bridgehead atoms. The summed E-state index contributed by atoms with van der Waals surface area (Å²) in [6.45, 7) is 9.89. The molecule has 0 spiro atoms. The molecule has 0 heterocycles. The molecule has 0 aliphatic heterocycles. The molecule has 0 saturated carbocycles. The number of carbonyl (C=O) groups excluding carboxylic acids is 2. The predicted octanol–water partition coefficient (Wildman–Crippen LogP) is 4.67. The van der Waals surface area contributed by atoms with Gasteiger partial charge in [0.2, 0.25) is 5.91 Å². The fourth-order valence-corrected chi connectivity index (χ4v) is 3.24. The van der Waals surface area contributed by atoms with Crippen molar-refractivity contribution in [3.8, 4) is 5.75 Å². The summed E-state index contributed by atoms with van der Waals surface area (Å²) in [5.74, 6) is 0.229. The Morgan fingerprint density at radius 1 is 1.07 bits per heavy atom. The number of hydrogen-bond donors (Lipinski definition) is 1. The lowest BCUT2D eigenvalue weighted by Crippen LogP contribution is -2.51. The van der Waals surface area contributed by atoms with E-state index in [1.807, 2.05) is 65.0 Å². The van der Waals surface area contributed by atoms with Crippen LogP contribution in [0.4, 0.5) is 0 Å². The minimum absolute atomic E-state index is 0.00850. The second kappa shape index (κ2) is 11.0. The van der Waals surface area contributed by atoms with Gasteiger partial charge < -0.3 is 15.0 Å². The molecule has 0 aromatic heterocycles. The molecule has 2 rings (SSSR count). The summed E-state index contributed by atoms with van der Waals surface area (Å²) in [6.07, 6.45) is 0.502. The maximum absolute atomic E-state index is 13.1. The first kappa shape index (κ1) is 23.7. The maximum Gasteiger partial charge on any atom is 0.261 e. The van der Waals surface area contributed by atoms with E-state index in [1.165, 1.54) is 0 Å². The van der Waals surface area contributed by atoms with Gasteiger partial charge in [-0.1, -0.05) is 36.7 Å². The Morgan fingerprint density at radius 3 is 2.30 bits per heavy atom. The van der Waals surface area contributed by atoms with Gasteiger partial charge in [0.05, 0.1) is 0 Å². The number of amides is 2. The highest BCUT2D eigenvalue weighted by Gasteiger charge is 2.29. The summed E-state index contributed by atoms with van der Waals surface area (Å²) >= 11 is 5.99. The third-order valence-electron chi connectivity index (χ3n) is 4.92. The highest BCUT2D eigenvalue weighted by atomic mass is 35.5. The topological polar surface area (TPSA) is 58.6 Å². The second-order valence-electron chi connectivity index (χ2n) is 7.77. The van der Waals surface area contributed by atoms with Crippen molar-refractivity contribution in [1.29, 1.82) is 0 Å². The first-order valence-electron chi connectivity index (χ1n) is 10.3. The van der Waals surface area contributed by atoms with Gasteiger partial charge in [0.25, 0.3) is 5.91 Å². The van der Waals surface area contributed by atoms with Gasteiger partial charge in [-0.15, -0.1) is 0 Å². The molecule has 0 radical (unpaired) electrons. The number of nitrogens with one attached hydrogen (secondary N) is 1. The van der Waals surface area contributed by atoms with Crippen LogP contribution in [0.3, 0.4) is 0 Å². The average Bonchev–Trinajstić information content (AvgIpc) is 2.69. The fraction of sp³-hybridized carbons (Fsp3) is 0.417. The maximum atomic E-state index is 13.1.